The van der Waals surface area contributed by atoms with Crippen molar-refractivity contribution in [2.24, 2.45) is 0 Å². The van der Waals surface area contributed by atoms with E-state index in [0.717, 1.165) is 23.5 Å². The maximum atomic E-state index is 12.2. The number of rotatable bonds is 7. The summed E-state index contributed by atoms with van der Waals surface area (Å²) in [4.78, 5) is 13.1. The van der Waals surface area contributed by atoms with Crippen molar-refractivity contribution in [2.75, 3.05) is 11.9 Å². The second-order valence-electron chi connectivity index (χ2n) is 5.07. The number of anilines is 1. The van der Waals surface area contributed by atoms with Crippen LogP contribution in [-0.4, -0.2) is 22.7 Å². The molecule has 0 spiro atoms. The highest BCUT2D eigenvalue weighted by atomic mass is 32.1. The van der Waals surface area contributed by atoms with Crippen LogP contribution in [0.25, 0.3) is 10.8 Å². The average molecular weight is 343 g/mol. The third-order valence-electron chi connectivity index (χ3n) is 3.26. The van der Waals surface area contributed by atoms with Crippen LogP contribution in [-0.2, 0) is 0 Å². The lowest BCUT2D eigenvalue weighted by Gasteiger charge is -2.06. The van der Waals surface area contributed by atoms with E-state index in [0.29, 0.717) is 18.1 Å². The van der Waals surface area contributed by atoms with Crippen LogP contribution in [0, 0.1) is 0 Å². The van der Waals surface area contributed by atoms with Gasteiger partial charge in [0.25, 0.3) is 11.8 Å². The Hall–Kier alpha value is -2.67. The highest BCUT2D eigenvalue weighted by Gasteiger charge is 2.13. The van der Waals surface area contributed by atoms with Gasteiger partial charge in [0.15, 0.2) is 0 Å². The van der Waals surface area contributed by atoms with E-state index in [9.17, 15) is 4.79 Å². The molecule has 3 rings (SSSR count). The summed E-state index contributed by atoms with van der Waals surface area (Å²) in [7, 11) is 0. The molecule has 0 saturated heterocycles. The third kappa shape index (κ3) is 3.99. The molecule has 1 aromatic carbocycles. The molecule has 0 aliphatic heterocycles. The lowest BCUT2D eigenvalue weighted by Crippen LogP contribution is -2.12. The maximum absolute atomic E-state index is 12.2. The summed E-state index contributed by atoms with van der Waals surface area (Å²) in [6, 6.07) is 10.8. The number of carbonyl (C=O) groups excluding carboxylic acids is 1. The molecule has 7 heteroatoms. The fourth-order valence-electron chi connectivity index (χ4n) is 1.98. The predicted molar refractivity (Wildman–Crippen MR) is 92.4 cm³/mol. The van der Waals surface area contributed by atoms with Crippen molar-refractivity contribution >= 4 is 23.3 Å². The van der Waals surface area contributed by atoms with E-state index in [-0.39, 0.29) is 11.9 Å². The van der Waals surface area contributed by atoms with Gasteiger partial charge in [-0.25, -0.2) is 0 Å². The molecule has 1 amide bonds. The zero-order chi connectivity index (χ0) is 16.8. The van der Waals surface area contributed by atoms with Gasteiger partial charge in [-0.1, -0.05) is 24.5 Å². The lowest BCUT2D eigenvalue weighted by atomic mass is 10.2. The summed E-state index contributed by atoms with van der Waals surface area (Å²) in [6.45, 7) is 2.79. The Morgan fingerprint density at radius 3 is 2.79 bits per heavy atom. The van der Waals surface area contributed by atoms with Crippen LogP contribution in [0.4, 0.5) is 6.01 Å². The summed E-state index contributed by atoms with van der Waals surface area (Å²) in [5, 5.41) is 12.3. The first-order valence-corrected chi connectivity index (χ1v) is 8.56. The first-order valence-electron chi connectivity index (χ1n) is 7.68. The van der Waals surface area contributed by atoms with Gasteiger partial charge in [-0.2, -0.15) is 0 Å². The van der Waals surface area contributed by atoms with E-state index in [1.807, 2.05) is 17.5 Å². The van der Waals surface area contributed by atoms with Gasteiger partial charge in [0, 0.05) is 5.56 Å². The van der Waals surface area contributed by atoms with Crippen molar-refractivity contribution in [1.82, 2.24) is 10.2 Å². The zero-order valence-corrected chi connectivity index (χ0v) is 14.0. The Labute approximate surface area is 143 Å². The van der Waals surface area contributed by atoms with E-state index in [2.05, 4.69) is 22.4 Å². The number of hydrogen-bond acceptors (Lipinski definition) is 6. The monoisotopic (exact) mass is 343 g/mol. The summed E-state index contributed by atoms with van der Waals surface area (Å²) in [6.07, 6.45) is 2.09. The number of amides is 1. The van der Waals surface area contributed by atoms with Crippen molar-refractivity contribution < 1.29 is 13.9 Å². The van der Waals surface area contributed by atoms with Crippen LogP contribution < -0.4 is 10.1 Å². The number of carbonyl (C=O) groups is 1. The molecule has 1 N–H and O–H groups in total. The number of aromatic nitrogens is 2. The molecule has 0 atom stereocenters. The third-order valence-corrected chi connectivity index (χ3v) is 4.12. The first-order chi connectivity index (χ1) is 11.8. The van der Waals surface area contributed by atoms with Crippen LogP contribution in [0.2, 0.25) is 0 Å². The first kappa shape index (κ1) is 16.2. The molecule has 2 heterocycles. The fraction of sp³-hybridized carbons (Fsp3) is 0.235. The minimum atomic E-state index is -0.309. The number of hydrogen-bond donors (Lipinski definition) is 1. The van der Waals surface area contributed by atoms with Crippen LogP contribution >= 0.6 is 11.3 Å². The molecule has 0 radical (unpaired) electrons. The van der Waals surface area contributed by atoms with Gasteiger partial charge < -0.3 is 9.15 Å². The SMILES string of the molecule is CCCCOc1ccc(C(=O)Nc2nnc(-c3cccs3)o2)cc1. The second-order valence-corrected chi connectivity index (χ2v) is 6.02. The van der Waals surface area contributed by atoms with E-state index in [1.54, 1.807) is 24.3 Å². The Bertz CT molecular complexity index is 782. The molecular weight excluding hydrogens is 326 g/mol. The van der Waals surface area contributed by atoms with E-state index in [4.69, 9.17) is 9.15 Å². The van der Waals surface area contributed by atoms with Crippen molar-refractivity contribution in [3.05, 3.63) is 47.3 Å². The molecule has 0 aliphatic carbocycles. The van der Waals surface area contributed by atoms with E-state index >= 15 is 0 Å². The standard InChI is InChI=1S/C17H17N3O3S/c1-2-3-10-22-13-8-6-12(7-9-13)15(21)18-17-20-19-16(23-17)14-5-4-11-24-14/h4-9,11H,2-3,10H2,1H3,(H,18,20,21). The number of nitrogens with zero attached hydrogens (tertiary/aromatic N) is 2. The normalized spacial score (nSPS) is 10.5. The number of unbranched alkanes of at least 4 members (excludes halogenated alkanes) is 1. The second kappa shape index (κ2) is 7.74. The largest absolute Gasteiger partial charge is 0.494 e. The summed E-state index contributed by atoms with van der Waals surface area (Å²) >= 11 is 1.49. The summed E-state index contributed by atoms with van der Waals surface area (Å²) in [5.74, 6) is 0.828. The summed E-state index contributed by atoms with van der Waals surface area (Å²) in [5.41, 5.74) is 0.494. The van der Waals surface area contributed by atoms with Crippen molar-refractivity contribution in [3.63, 3.8) is 0 Å². The number of thiophene rings is 1. The van der Waals surface area contributed by atoms with Crippen molar-refractivity contribution in [2.45, 2.75) is 19.8 Å². The Balaban J connectivity index is 1.60. The predicted octanol–water partition coefficient (Wildman–Crippen LogP) is 4.23. The quantitative estimate of drug-likeness (QED) is 0.650. The molecule has 124 valence electrons. The average Bonchev–Trinajstić information content (AvgIpc) is 3.27. The van der Waals surface area contributed by atoms with Crippen LogP contribution in [0.15, 0.2) is 46.2 Å². The Kier molecular flexibility index (Phi) is 5.22. The molecule has 0 saturated carbocycles. The fourth-order valence-corrected chi connectivity index (χ4v) is 2.62. The molecular formula is C17H17N3O3S. The molecule has 0 aliphatic rings. The van der Waals surface area contributed by atoms with Crippen LogP contribution in [0.5, 0.6) is 5.75 Å². The minimum Gasteiger partial charge on any atom is -0.494 e. The van der Waals surface area contributed by atoms with Crippen molar-refractivity contribution in [3.8, 4) is 16.5 Å². The van der Waals surface area contributed by atoms with Gasteiger partial charge >= 0.3 is 6.01 Å². The van der Waals surface area contributed by atoms with Gasteiger partial charge in [0.2, 0.25) is 0 Å². The highest BCUT2D eigenvalue weighted by molar-refractivity contribution is 7.13. The number of benzene rings is 1. The summed E-state index contributed by atoms with van der Waals surface area (Å²) < 4.78 is 11.0. The smallest absolute Gasteiger partial charge is 0.322 e. The Morgan fingerprint density at radius 2 is 2.08 bits per heavy atom. The van der Waals surface area contributed by atoms with Crippen LogP contribution in [0.1, 0.15) is 30.1 Å². The van der Waals surface area contributed by atoms with Gasteiger partial charge in [-0.15, -0.1) is 16.4 Å². The van der Waals surface area contributed by atoms with Gasteiger partial charge in [0.1, 0.15) is 5.75 Å². The van der Waals surface area contributed by atoms with E-state index < -0.39 is 0 Å². The molecule has 3 aromatic rings. The molecule has 0 bridgehead atoms. The van der Waals surface area contributed by atoms with Gasteiger partial charge in [-0.3, -0.25) is 10.1 Å². The molecule has 0 unspecified atom stereocenters. The highest BCUT2D eigenvalue weighted by Crippen LogP contribution is 2.24. The number of ether oxygens (including phenoxy) is 1. The van der Waals surface area contributed by atoms with Gasteiger partial charge in [0.05, 0.1) is 11.5 Å². The Morgan fingerprint density at radius 1 is 1.25 bits per heavy atom. The minimum absolute atomic E-state index is 0.0756. The van der Waals surface area contributed by atoms with Crippen molar-refractivity contribution in [1.29, 1.82) is 0 Å². The maximum Gasteiger partial charge on any atom is 0.322 e. The molecule has 0 fully saturated rings. The molecule has 6 nitrogen and oxygen atoms in total. The lowest BCUT2D eigenvalue weighted by molar-refractivity contribution is 0.102. The molecule has 24 heavy (non-hydrogen) atoms. The number of nitrogens with one attached hydrogen (secondary N) is 1. The van der Waals surface area contributed by atoms with Crippen LogP contribution in [0.3, 0.4) is 0 Å². The van der Waals surface area contributed by atoms with E-state index in [1.165, 1.54) is 11.3 Å². The zero-order valence-electron chi connectivity index (χ0n) is 13.2. The topological polar surface area (TPSA) is 77.2 Å². The van der Waals surface area contributed by atoms with Gasteiger partial charge in [-0.05, 0) is 42.1 Å². The molecule has 2 aromatic heterocycles.